The number of rotatable bonds is 5. The lowest BCUT2D eigenvalue weighted by Crippen LogP contribution is -2.36. The van der Waals surface area contributed by atoms with E-state index in [0.29, 0.717) is 19.0 Å². The lowest BCUT2D eigenvalue weighted by Gasteiger charge is -2.09. The highest BCUT2D eigenvalue weighted by Gasteiger charge is 2.05. The third kappa shape index (κ3) is 3.95. The van der Waals surface area contributed by atoms with E-state index in [-0.39, 0.29) is 0 Å². The Hall–Kier alpha value is -2.09. The molecule has 0 unspecified atom stereocenters. The minimum atomic E-state index is 0.566. The molecule has 0 aliphatic rings. The van der Waals surface area contributed by atoms with Crippen molar-refractivity contribution < 1.29 is 4.52 Å². The van der Waals surface area contributed by atoms with Gasteiger partial charge in [0, 0.05) is 32.6 Å². The molecule has 8 heteroatoms. The molecule has 0 aliphatic heterocycles. The molecular formula is C12H18N6OS. The highest BCUT2D eigenvalue weighted by molar-refractivity contribution is 7.13. The predicted molar refractivity (Wildman–Crippen MR) is 80.0 cm³/mol. The van der Waals surface area contributed by atoms with Crippen LogP contribution < -0.4 is 15.5 Å². The predicted octanol–water partition coefficient (Wildman–Crippen LogP) is 1.06. The standard InChI is InChI=1S/C12H18N6OS/c1-13-11(14-6-9-4-5-19-17-9)15-7-10-8-20-12(16-10)18(2)3/h4-5,8H,6-7H2,1-3H3,(H2,13,14,15). The summed E-state index contributed by atoms with van der Waals surface area (Å²) < 4.78 is 4.77. The van der Waals surface area contributed by atoms with Crippen LogP contribution in [-0.4, -0.2) is 37.2 Å². The molecule has 108 valence electrons. The van der Waals surface area contributed by atoms with Crippen molar-refractivity contribution in [2.75, 3.05) is 26.0 Å². The first-order valence-corrected chi connectivity index (χ1v) is 7.02. The monoisotopic (exact) mass is 294 g/mol. The van der Waals surface area contributed by atoms with Gasteiger partial charge in [0.15, 0.2) is 11.1 Å². The van der Waals surface area contributed by atoms with Crippen LogP contribution >= 0.6 is 11.3 Å². The maximum Gasteiger partial charge on any atom is 0.191 e. The van der Waals surface area contributed by atoms with Crippen LogP contribution in [0, 0.1) is 0 Å². The van der Waals surface area contributed by atoms with Gasteiger partial charge in [0.1, 0.15) is 12.0 Å². The number of hydrogen-bond donors (Lipinski definition) is 2. The molecule has 0 spiro atoms. The van der Waals surface area contributed by atoms with Crippen molar-refractivity contribution in [2.45, 2.75) is 13.1 Å². The minimum Gasteiger partial charge on any atom is -0.364 e. The second-order valence-electron chi connectivity index (χ2n) is 4.29. The second-order valence-corrected chi connectivity index (χ2v) is 5.12. The molecule has 2 N–H and O–H groups in total. The summed E-state index contributed by atoms with van der Waals surface area (Å²) in [6, 6.07) is 1.81. The van der Waals surface area contributed by atoms with Gasteiger partial charge in [-0.15, -0.1) is 11.3 Å². The number of hydrogen-bond acceptors (Lipinski definition) is 6. The third-order valence-corrected chi connectivity index (χ3v) is 3.57. The molecule has 0 atom stereocenters. The first-order valence-electron chi connectivity index (χ1n) is 6.14. The van der Waals surface area contributed by atoms with E-state index in [2.05, 4.69) is 25.8 Å². The molecule has 0 fully saturated rings. The Morgan fingerprint density at radius 2 is 2.10 bits per heavy atom. The quantitative estimate of drug-likeness (QED) is 0.634. The molecule has 0 aromatic carbocycles. The van der Waals surface area contributed by atoms with Gasteiger partial charge in [-0.1, -0.05) is 5.16 Å². The molecule has 0 saturated heterocycles. The van der Waals surface area contributed by atoms with E-state index in [1.54, 1.807) is 24.6 Å². The van der Waals surface area contributed by atoms with Crippen LogP contribution in [0.2, 0.25) is 0 Å². The molecule has 2 heterocycles. The average molecular weight is 294 g/mol. The number of nitrogens with zero attached hydrogens (tertiary/aromatic N) is 4. The fraction of sp³-hybridized carbons (Fsp3) is 0.417. The first kappa shape index (κ1) is 14.3. The molecular weight excluding hydrogens is 276 g/mol. The third-order valence-electron chi connectivity index (χ3n) is 2.51. The van der Waals surface area contributed by atoms with Crippen molar-refractivity contribution in [1.82, 2.24) is 20.8 Å². The van der Waals surface area contributed by atoms with Crippen molar-refractivity contribution in [3.05, 3.63) is 29.1 Å². The number of anilines is 1. The van der Waals surface area contributed by atoms with Crippen molar-refractivity contribution in [2.24, 2.45) is 4.99 Å². The second kappa shape index (κ2) is 6.90. The highest BCUT2D eigenvalue weighted by atomic mass is 32.1. The van der Waals surface area contributed by atoms with Gasteiger partial charge >= 0.3 is 0 Å². The summed E-state index contributed by atoms with van der Waals surface area (Å²) in [6.45, 7) is 1.19. The maximum absolute atomic E-state index is 4.77. The summed E-state index contributed by atoms with van der Waals surface area (Å²) >= 11 is 1.62. The molecule has 2 rings (SSSR count). The van der Waals surface area contributed by atoms with E-state index in [1.165, 1.54) is 0 Å². The average Bonchev–Trinajstić information content (AvgIpc) is 3.10. The van der Waals surface area contributed by atoms with Crippen LogP contribution in [0.4, 0.5) is 5.13 Å². The van der Waals surface area contributed by atoms with E-state index in [1.807, 2.05) is 30.4 Å². The lowest BCUT2D eigenvalue weighted by atomic mass is 10.4. The van der Waals surface area contributed by atoms with Crippen molar-refractivity contribution >= 4 is 22.4 Å². The van der Waals surface area contributed by atoms with E-state index in [0.717, 1.165) is 16.5 Å². The zero-order valence-corrected chi connectivity index (χ0v) is 12.6. The van der Waals surface area contributed by atoms with Gasteiger partial charge in [-0.05, 0) is 0 Å². The number of aromatic nitrogens is 2. The van der Waals surface area contributed by atoms with Gasteiger partial charge in [0.05, 0.1) is 18.8 Å². The van der Waals surface area contributed by atoms with E-state index < -0.39 is 0 Å². The van der Waals surface area contributed by atoms with Gasteiger partial charge < -0.3 is 20.1 Å². The largest absolute Gasteiger partial charge is 0.364 e. The Morgan fingerprint density at radius 1 is 1.35 bits per heavy atom. The van der Waals surface area contributed by atoms with Crippen molar-refractivity contribution in [3.63, 3.8) is 0 Å². The maximum atomic E-state index is 4.77. The Kier molecular flexibility index (Phi) is 4.94. The van der Waals surface area contributed by atoms with Crippen LogP contribution in [0.5, 0.6) is 0 Å². The number of guanidine groups is 1. The zero-order chi connectivity index (χ0) is 14.4. The molecule has 7 nitrogen and oxygen atoms in total. The zero-order valence-electron chi connectivity index (χ0n) is 11.8. The molecule has 2 aromatic heterocycles. The van der Waals surface area contributed by atoms with Crippen LogP contribution in [0.15, 0.2) is 27.2 Å². The molecule has 20 heavy (non-hydrogen) atoms. The van der Waals surface area contributed by atoms with Crippen LogP contribution in [0.1, 0.15) is 11.4 Å². The summed E-state index contributed by atoms with van der Waals surface area (Å²) in [5, 5.41) is 13.2. The highest BCUT2D eigenvalue weighted by Crippen LogP contribution is 2.17. The fourth-order valence-corrected chi connectivity index (χ4v) is 2.24. The van der Waals surface area contributed by atoms with E-state index in [9.17, 15) is 0 Å². The van der Waals surface area contributed by atoms with Gasteiger partial charge in [0.2, 0.25) is 0 Å². The normalized spacial score (nSPS) is 11.4. The summed E-state index contributed by atoms with van der Waals surface area (Å²) in [5.74, 6) is 0.701. The molecule has 0 saturated carbocycles. The number of nitrogens with one attached hydrogen (secondary N) is 2. The Bertz CT molecular complexity index is 548. The molecule has 2 aromatic rings. The minimum absolute atomic E-state index is 0.566. The Labute approximate surface area is 121 Å². The summed E-state index contributed by atoms with van der Waals surface area (Å²) in [4.78, 5) is 10.6. The smallest absolute Gasteiger partial charge is 0.191 e. The van der Waals surface area contributed by atoms with Gasteiger partial charge in [0.25, 0.3) is 0 Å². The first-order chi connectivity index (χ1) is 9.69. The van der Waals surface area contributed by atoms with E-state index in [4.69, 9.17) is 4.52 Å². The lowest BCUT2D eigenvalue weighted by molar-refractivity contribution is 0.410. The van der Waals surface area contributed by atoms with Gasteiger partial charge in [-0.25, -0.2) is 4.98 Å². The fourth-order valence-electron chi connectivity index (χ4n) is 1.48. The van der Waals surface area contributed by atoms with Crippen LogP contribution in [0.25, 0.3) is 0 Å². The molecule has 0 radical (unpaired) electrons. The van der Waals surface area contributed by atoms with E-state index >= 15 is 0 Å². The van der Waals surface area contributed by atoms with Crippen molar-refractivity contribution in [3.8, 4) is 0 Å². The van der Waals surface area contributed by atoms with Crippen LogP contribution in [0.3, 0.4) is 0 Å². The van der Waals surface area contributed by atoms with Crippen molar-refractivity contribution in [1.29, 1.82) is 0 Å². The summed E-state index contributed by atoms with van der Waals surface area (Å²) in [7, 11) is 5.69. The number of thiazole rings is 1. The van der Waals surface area contributed by atoms with Gasteiger partial charge in [-0.3, -0.25) is 4.99 Å². The Balaban J connectivity index is 1.81. The topological polar surface area (TPSA) is 78.6 Å². The molecule has 0 amide bonds. The number of aliphatic imine (C=N–C) groups is 1. The molecule has 0 bridgehead atoms. The SMILES string of the molecule is CN=C(NCc1ccon1)NCc1csc(N(C)C)n1. The van der Waals surface area contributed by atoms with Crippen LogP contribution in [-0.2, 0) is 13.1 Å². The molecule has 0 aliphatic carbocycles. The summed E-state index contributed by atoms with van der Waals surface area (Å²) in [6.07, 6.45) is 1.55. The van der Waals surface area contributed by atoms with Gasteiger partial charge in [-0.2, -0.15) is 0 Å². The Morgan fingerprint density at radius 3 is 2.65 bits per heavy atom. The summed E-state index contributed by atoms with van der Waals surface area (Å²) in [5.41, 5.74) is 1.82.